The zero-order chi connectivity index (χ0) is 33.9. The van der Waals surface area contributed by atoms with E-state index in [1.807, 2.05) is 13.0 Å². The molecule has 0 aliphatic rings. The van der Waals surface area contributed by atoms with Crippen molar-refractivity contribution in [1.29, 1.82) is 0 Å². The monoisotopic (exact) mass is 644 g/mol. The lowest BCUT2D eigenvalue weighted by molar-refractivity contribution is -0.139. The summed E-state index contributed by atoms with van der Waals surface area (Å²) in [6, 6.07) is 18.3. The van der Waals surface area contributed by atoms with Gasteiger partial charge in [-0.3, -0.25) is 0 Å². The Balaban J connectivity index is 1.36. The molecular weight excluding hydrogens is 596 g/mol. The summed E-state index contributed by atoms with van der Waals surface area (Å²) in [4.78, 5) is 36.7. The van der Waals surface area contributed by atoms with E-state index in [1.165, 1.54) is 25.7 Å². The molecule has 0 aliphatic heterocycles. The van der Waals surface area contributed by atoms with Crippen LogP contribution in [-0.4, -0.2) is 37.7 Å². The van der Waals surface area contributed by atoms with Crippen LogP contribution in [0.2, 0.25) is 0 Å². The Morgan fingerprint density at radius 3 is 1.66 bits per heavy atom. The molecule has 0 bridgehead atoms. The fourth-order valence-corrected chi connectivity index (χ4v) is 4.63. The van der Waals surface area contributed by atoms with Crippen LogP contribution in [0.5, 0.6) is 23.0 Å². The molecule has 0 amide bonds. The second kappa shape index (κ2) is 20.5. The first kappa shape index (κ1) is 36.9. The molecule has 3 rings (SSSR count). The molecule has 0 saturated heterocycles. The van der Waals surface area contributed by atoms with Crippen LogP contribution in [0, 0.1) is 6.92 Å². The summed E-state index contributed by atoms with van der Waals surface area (Å²) in [7, 11) is 0. The van der Waals surface area contributed by atoms with Crippen molar-refractivity contribution in [3.8, 4) is 23.0 Å². The number of rotatable bonds is 21. The second-order valence-electron chi connectivity index (χ2n) is 11.6. The summed E-state index contributed by atoms with van der Waals surface area (Å²) in [5.41, 5.74) is 2.09. The van der Waals surface area contributed by atoms with Gasteiger partial charge in [0.05, 0.1) is 30.9 Å². The van der Waals surface area contributed by atoms with E-state index in [9.17, 15) is 14.4 Å². The van der Waals surface area contributed by atoms with Gasteiger partial charge in [0, 0.05) is 5.57 Å². The van der Waals surface area contributed by atoms with Crippen LogP contribution in [0.4, 0.5) is 0 Å². The quantitative estimate of drug-likeness (QED) is 0.0490. The Kier molecular flexibility index (Phi) is 16.1. The summed E-state index contributed by atoms with van der Waals surface area (Å²) in [5.74, 6) is 0.748. The third-order valence-corrected chi connectivity index (χ3v) is 7.39. The molecule has 0 heterocycles. The van der Waals surface area contributed by atoms with Crippen LogP contribution in [0.15, 0.2) is 78.9 Å². The summed E-state index contributed by atoms with van der Waals surface area (Å²) in [5, 5.41) is 0. The van der Waals surface area contributed by atoms with Crippen LogP contribution in [-0.2, 0) is 9.53 Å². The highest BCUT2D eigenvalue weighted by Crippen LogP contribution is 2.23. The van der Waals surface area contributed by atoms with E-state index >= 15 is 0 Å². The molecule has 0 radical (unpaired) electrons. The van der Waals surface area contributed by atoms with Gasteiger partial charge in [0.25, 0.3) is 0 Å². The normalized spacial score (nSPS) is 10.6. The lowest BCUT2D eigenvalue weighted by Crippen LogP contribution is -2.10. The van der Waals surface area contributed by atoms with Crippen LogP contribution < -0.4 is 18.9 Å². The number of carbonyl (C=O) groups excluding carboxylic acids is 3. The van der Waals surface area contributed by atoms with Crippen LogP contribution >= 0.6 is 0 Å². The number of benzene rings is 3. The SMILES string of the molecule is C=C(C)C(=O)OCCCCCCOc1ccc(C(=O)Oc2ccc(OC(=O)c3ccc(OCCCCCCCC)c(C)c3)cc2)cc1. The number of esters is 3. The van der Waals surface area contributed by atoms with Gasteiger partial charge in [-0.25, -0.2) is 14.4 Å². The first-order valence-electron chi connectivity index (χ1n) is 16.6. The van der Waals surface area contributed by atoms with Crippen LogP contribution in [0.3, 0.4) is 0 Å². The Hall–Kier alpha value is -4.59. The summed E-state index contributed by atoms with van der Waals surface area (Å²) < 4.78 is 27.8. The van der Waals surface area contributed by atoms with Gasteiger partial charge in [-0.05, 0) is 118 Å². The fraction of sp³-hybridized carbons (Fsp3) is 0.410. The van der Waals surface area contributed by atoms with Crippen molar-refractivity contribution in [2.45, 2.75) is 85.0 Å². The Morgan fingerprint density at radius 1 is 0.596 bits per heavy atom. The summed E-state index contributed by atoms with van der Waals surface area (Å²) >= 11 is 0. The van der Waals surface area contributed by atoms with E-state index in [0.717, 1.165) is 49.8 Å². The van der Waals surface area contributed by atoms with E-state index in [4.69, 9.17) is 23.7 Å². The van der Waals surface area contributed by atoms with Crippen LogP contribution in [0.1, 0.15) is 104 Å². The van der Waals surface area contributed by atoms with Gasteiger partial charge >= 0.3 is 17.9 Å². The number of unbranched alkanes of at least 4 members (excludes halogenated alkanes) is 8. The van der Waals surface area contributed by atoms with E-state index in [-0.39, 0.29) is 5.97 Å². The van der Waals surface area contributed by atoms with Crippen molar-refractivity contribution in [3.63, 3.8) is 0 Å². The van der Waals surface area contributed by atoms with Crippen molar-refractivity contribution in [2.75, 3.05) is 19.8 Å². The molecule has 47 heavy (non-hydrogen) atoms. The highest BCUT2D eigenvalue weighted by Gasteiger charge is 2.13. The van der Waals surface area contributed by atoms with Gasteiger partial charge in [-0.15, -0.1) is 0 Å². The summed E-state index contributed by atoms with van der Waals surface area (Å²) in [6.45, 7) is 10.9. The molecule has 0 aliphatic carbocycles. The van der Waals surface area contributed by atoms with E-state index in [0.29, 0.717) is 53.8 Å². The first-order chi connectivity index (χ1) is 22.8. The molecule has 0 spiro atoms. The maximum Gasteiger partial charge on any atom is 0.343 e. The fourth-order valence-electron chi connectivity index (χ4n) is 4.63. The number of carbonyl (C=O) groups is 3. The molecular formula is C39H48O8. The Labute approximate surface area is 279 Å². The lowest BCUT2D eigenvalue weighted by atomic mass is 10.1. The van der Waals surface area contributed by atoms with E-state index in [1.54, 1.807) is 67.6 Å². The predicted octanol–water partition coefficient (Wildman–Crippen LogP) is 9.23. The van der Waals surface area contributed by atoms with Gasteiger partial charge in [-0.1, -0.05) is 45.6 Å². The molecule has 252 valence electrons. The average Bonchev–Trinajstić information content (AvgIpc) is 3.07. The minimum absolute atomic E-state index is 0.326. The molecule has 0 aromatic heterocycles. The molecule has 0 N–H and O–H groups in total. The lowest BCUT2D eigenvalue weighted by Gasteiger charge is -2.11. The molecule has 8 heteroatoms. The third-order valence-electron chi connectivity index (χ3n) is 7.39. The maximum absolute atomic E-state index is 12.7. The van der Waals surface area contributed by atoms with Gasteiger partial charge in [0.15, 0.2) is 0 Å². The molecule has 0 unspecified atom stereocenters. The van der Waals surface area contributed by atoms with Crippen LogP contribution in [0.25, 0.3) is 0 Å². The number of ether oxygens (including phenoxy) is 5. The van der Waals surface area contributed by atoms with Gasteiger partial charge in [-0.2, -0.15) is 0 Å². The molecule has 8 nitrogen and oxygen atoms in total. The zero-order valence-electron chi connectivity index (χ0n) is 28.0. The minimum Gasteiger partial charge on any atom is -0.494 e. The van der Waals surface area contributed by atoms with Crippen molar-refractivity contribution < 1.29 is 38.1 Å². The molecule has 3 aromatic rings. The number of aryl methyl sites for hydroxylation is 1. The standard InChI is InChI=1S/C39H48O8/c1-5-6-7-8-9-13-26-44-36-24-17-32(28-30(36)4)39(42)47-35-22-20-34(21-23-35)46-38(41)31-15-18-33(19-16-31)43-25-12-10-11-14-27-45-37(40)29(2)3/h15-24,28H,2,5-14,25-27H2,1,3-4H3. The van der Waals surface area contributed by atoms with Crippen molar-refractivity contribution in [1.82, 2.24) is 0 Å². The van der Waals surface area contributed by atoms with E-state index < -0.39 is 11.9 Å². The van der Waals surface area contributed by atoms with Gasteiger partial charge in [0.1, 0.15) is 23.0 Å². The van der Waals surface area contributed by atoms with Gasteiger partial charge in [0.2, 0.25) is 0 Å². The third kappa shape index (κ3) is 13.7. The molecule has 0 atom stereocenters. The second-order valence-corrected chi connectivity index (χ2v) is 11.6. The zero-order valence-corrected chi connectivity index (χ0v) is 28.0. The van der Waals surface area contributed by atoms with Crippen molar-refractivity contribution in [3.05, 3.63) is 95.6 Å². The smallest absolute Gasteiger partial charge is 0.343 e. The molecule has 0 saturated carbocycles. The topological polar surface area (TPSA) is 97.4 Å². The average molecular weight is 645 g/mol. The molecule has 0 fully saturated rings. The molecule has 3 aromatic carbocycles. The van der Waals surface area contributed by atoms with Crippen molar-refractivity contribution >= 4 is 17.9 Å². The largest absolute Gasteiger partial charge is 0.494 e. The Morgan fingerprint density at radius 2 is 1.09 bits per heavy atom. The summed E-state index contributed by atoms with van der Waals surface area (Å²) in [6.07, 6.45) is 10.8. The van der Waals surface area contributed by atoms with Crippen molar-refractivity contribution in [2.24, 2.45) is 0 Å². The maximum atomic E-state index is 12.7. The minimum atomic E-state index is -0.511. The predicted molar refractivity (Wildman–Crippen MR) is 183 cm³/mol. The first-order valence-corrected chi connectivity index (χ1v) is 16.6. The Bertz CT molecular complexity index is 1430. The van der Waals surface area contributed by atoms with Gasteiger partial charge < -0.3 is 23.7 Å². The van der Waals surface area contributed by atoms with E-state index in [2.05, 4.69) is 13.5 Å². The highest BCUT2D eigenvalue weighted by molar-refractivity contribution is 5.92. The number of hydrogen-bond acceptors (Lipinski definition) is 8. The highest BCUT2D eigenvalue weighted by atomic mass is 16.5. The number of hydrogen-bond donors (Lipinski definition) is 0.